The van der Waals surface area contributed by atoms with Crippen LogP contribution in [-0.4, -0.2) is 35.6 Å². The molecule has 3 rings (SSSR count). The highest BCUT2D eigenvalue weighted by molar-refractivity contribution is 8.16. The summed E-state index contributed by atoms with van der Waals surface area (Å²) in [5.41, 5.74) is 4.35. The van der Waals surface area contributed by atoms with Crippen molar-refractivity contribution in [3.8, 4) is 0 Å². The molecule has 0 fully saturated rings. The maximum atomic E-state index is 12.1. The third-order valence-corrected chi connectivity index (χ3v) is 4.83. The Kier molecular flexibility index (Phi) is 4.01. The van der Waals surface area contributed by atoms with E-state index in [0.29, 0.717) is 6.54 Å². The number of nitrogens with one attached hydrogen (secondary N) is 1. The molecule has 1 N–H and O–H groups in total. The van der Waals surface area contributed by atoms with E-state index in [4.69, 9.17) is 0 Å². The maximum absolute atomic E-state index is 12.1. The molecule has 0 aliphatic carbocycles. The molecule has 0 saturated carbocycles. The first-order chi connectivity index (χ1) is 10.1. The van der Waals surface area contributed by atoms with Gasteiger partial charge in [-0.2, -0.15) is 0 Å². The Bertz CT molecular complexity index is 636. The highest BCUT2D eigenvalue weighted by atomic mass is 32.2. The van der Waals surface area contributed by atoms with Crippen LogP contribution in [0, 0.1) is 13.8 Å². The molecule has 1 aromatic rings. The van der Waals surface area contributed by atoms with Crippen molar-refractivity contribution < 1.29 is 4.79 Å². The van der Waals surface area contributed by atoms with E-state index in [2.05, 4.69) is 27.5 Å². The van der Waals surface area contributed by atoms with Crippen molar-refractivity contribution in [3.05, 3.63) is 46.0 Å². The molecule has 2 heterocycles. The summed E-state index contributed by atoms with van der Waals surface area (Å²) in [4.78, 5) is 18.8. The molecule has 0 radical (unpaired) electrons. The number of benzene rings is 1. The van der Waals surface area contributed by atoms with Crippen molar-refractivity contribution in [1.29, 1.82) is 0 Å². The van der Waals surface area contributed by atoms with E-state index in [1.54, 1.807) is 11.8 Å². The average Bonchev–Trinajstić information content (AvgIpc) is 3.06. The number of hydrogen-bond acceptors (Lipinski definition) is 4. The zero-order valence-corrected chi connectivity index (χ0v) is 13.2. The predicted molar refractivity (Wildman–Crippen MR) is 87.5 cm³/mol. The fraction of sp³-hybridized carbons (Fsp3) is 0.375. The summed E-state index contributed by atoms with van der Waals surface area (Å²) >= 11 is 1.68. The van der Waals surface area contributed by atoms with Crippen LogP contribution in [0.15, 0.2) is 34.3 Å². The van der Waals surface area contributed by atoms with Gasteiger partial charge in [-0.05, 0) is 42.5 Å². The number of carbonyl (C=O) groups is 1. The number of amides is 1. The lowest BCUT2D eigenvalue weighted by molar-refractivity contribution is 0.0953. The zero-order valence-electron chi connectivity index (χ0n) is 12.3. The van der Waals surface area contributed by atoms with E-state index in [-0.39, 0.29) is 5.91 Å². The molecule has 2 aliphatic heterocycles. The summed E-state index contributed by atoms with van der Waals surface area (Å²) < 4.78 is 0. The Hall–Kier alpha value is -1.75. The Morgan fingerprint density at radius 1 is 1.38 bits per heavy atom. The highest BCUT2D eigenvalue weighted by Gasteiger charge is 2.25. The van der Waals surface area contributed by atoms with Gasteiger partial charge in [0.1, 0.15) is 0 Å². The van der Waals surface area contributed by atoms with Crippen LogP contribution in [0.25, 0.3) is 0 Å². The lowest BCUT2D eigenvalue weighted by atomic mass is 10.1. The van der Waals surface area contributed by atoms with E-state index in [1.165, 1.54) is 11.3 Å². The van der Waals surface area contributed by atoms with E-state index in [9.17, 15) is 4.79 Å². The minimum Gasteiger partial charge on any atom is -0.352 e. The van der Waals surface area contributed by atoms with Crippen LogP contribution in [0.1, 0.15) is 27.9 Å². The molecule has 5 heteroatoms. The number of hydrogen-bond donors (Lipinski definition) is 1. The normalized spacial score (nSPS) is 16.6. The Morgan fingerprint density at radius 2 is 2.24 bits per heavy atom. The standard InChI is InChI=1S/C16H19N3OS/c1-11-3-4-13(9-12(11)2)15(20)17-6-5-14-10-21-16-18-7-8-19(14)16/h3-4,9-10H,5-8H2,1-2H3,(H,17,20). The van der Waals surface area contributed by atoms with Crippen LogP contribution >= 0.6 is 11.8 Å². The molecule has 4 nitrogen and oxygen atoms in total. The van der Waals surface area contributed by atoms with Crippen LogP contribution in [0.3, 0.4) is 0 Å². The third-order valence-electron chi connectivity index (χ3n) is 3.88. The fourth-order valence-electron chi connectivity index (χ4n) is 2.46. The summed E-state index contributed by atoms with van der Waals surface area (Å²) in [5, 5.41) is 6.24. The topological polar surface area (TPSA) is 44.7 Å². The molecule has 0 aromatic heterocycles. The van der Waals surface area contributed by atoms with Crippen LogP contribution in [0.5, 0.6) is 0 Å². The first-order valence-electron chi connectivity index (χ1n) is 7.18. The maximum Gasteiger partial charge on any atom is 0.251 e. The molecule has 110 valence electrons. The molecule has 0 spiro atoms. The van der Waals surface area contributed by atoms with Crippen LogP contribution in [0.4, 0.5) is 0 Å². The van der Waals surface area contributed by atoms with E-state index < -0.39 is 0 Å². The van der Waals surface area contributed by atoms with Crippen molar-refractivity contribution in [2.75, 3.05) is 19.6 Å². The van der Waals surface area contributed by atoms with Crippen molar-refractivity contribution in [1.82, 2.24) is 10.2 Å². The zero-order chi connectivity index (χ0) is 14.8. The number of aliphatic imine (C=N–C) groups is 1. The SMILES string of the molecule is Cc1ccc(C(=O)NCCC2=CSC3=NCCN23)cc1C. The number of fused-ring (bicyclic) bond motifs is 1. The van der Waals surface area contributed by atoms with Crippen molar-refractivity contribution in [2.24, 2.45) is 4.99 Å². The van der Waals surface area contributed by atoms with Gasteiger partial charge in [-0.25, -0.2) is 0 Å². The minimum absolute atomic E-state index is 0.000312. The predicted octanol–water partition coefficient (Wildman–Crippen LogP) is 2.68. The van der Waals surface area contributed by atoms with Gasteiger partial charge < -0.3 is 10.2 Å². The number of aryl methyl sites for hydroxylation is 2. The highest BCUT2D eigenvalue weighted by Crippen LogP contribution is 2.30. The summed E-state index contributed by atoms with van der Waals surface area (Å²) in [6.45, 7) is 6.59. The lowest BCUT2D eigenvalue weighted by Crippen LogP contribution is -2.28. The van der Waals surface area contributed by atoms with Crippen LogP contribution in [0.2, 0.25) is 0 Å². The monoisotopic (exact) mass is 301 g/mol. The summed E-state index contributed by atoms with van der Waals surface area (Å²) in [6, 6.07) is 5.82. The molecule has 0 saturated heterocycles. The molecule has 1 aromatic carbocycles. The molecule has 21 heavy (non-hydrogen) atoms. The quantitative estimate of drug-likeness (QED) is 0.930. The van der Waals surface area contributed by atoms with Gasteiger partial charge in [-0.15, -0.1) is 0 Å². The third kappa shape index (κ3) is 2.97. The Balaban J connectivity index is 1.52. The molecule has 0 atom stereocenters. The summed E-state index contributed by atoms with van der Waals surface area (Å²) in [5.74, 6) is -0.000312. The number of amidine groups is 1. The molecule has 2 aliphatic rings. The Labute approximate surface area is 129 Å². The Morgan fingerprint density at radius 3 is 3.05 bits per heavy atom. The molecular formula is C16H19N3OS. The first-order valence-corrected chi connectivity index (χ1v) is 8.06. The van der Waals surface area contributed by atoms with Crippen LogP contribution < -0.4 is 5.32 Å². The van der Waals surface area contributed by atoms with Gasteiger partial charge >= 0.3 is 0 Å². The average molecular weight is 301 g/mol. The van der Waals surface area contributed by atoms with Gasteiger partial charge in [-0.3, -0.25) is 9.79 Å². The second-order valence-corrected chi connectivity index (χ2v) is 6.18. The lowest BCUT2D eigenvalue weighted by Gasteiger charge is -2.16. The van der Waals surface area contributed by atoms with Gasteiger partial charge in [0.25, 0.3) is 5.91 Å². The van der Waals surface area contributed by atoms with Crippen molar-refractivity contribution in [3.63, 3.8) is 0 Å². The number of carbonyl (C=O) groups excluding carboxylic acids is 1. The first kappa shape index (κ1) is 14.2. The van der Waals surface area contributed by atoms with Gasteiger partial charge in [0.15, 0.2) is 5.17 Å². The van der Waals surface area contributed by atoms with Crippen molar-refractivity contribution >= 4 is 22.8 Å². The molecule has 0 unspecified atom stereocenters. The summed E-state index contributed by atoms with van der Waals surface area (Å²) in [7, 11) is 0. The number of nitrogens with zero attached hydrogens (tertiary/aromatic N) is 2. The number of rotatable bonds is 4. The molecule has 0 bridgehead atoms. The fourth-order valence-corrected chi connectivity index (χ4v) is 3.45. The van der Waals surface area contributed by atoms with Gasteiger partial charge in [0, 0.05) is 30.8 Å². The van der Waals surface area contributed by atoms with E-state index >= 15 is 0 Å². The van der Waals surface area contributed by atoms with Crippen molar-refractivity contribution in [2.45, 2.75) is 20.3 Å². The van der Waals surface area contributed by atoms with Gasteiger partial charge in [0.05, 0.1) is 6.54 Å². The minimum atomic E-state index is -0.000312. The van der Waals surface area contributed by atoms with E-state index in [0.717, 1.165) is 35.8 Å². The molecule has 1 amide bonds. The van der Waals surface area contributed by atoms with Gasteiger partial charge in [0.2, 0.25) is 0 Å². The smallest absolute Gasteiger partial charge is 0.251 e. The number of thioether (sulfide) groups is 1. The second-order valence-electron chi connectivity index (χ2n) is 5.35. The van der Waals surface area contributed by atoms with E-state index in [1.807, 2.05) is 25.1 Å². The second kappa shape index (κ2) is 5.93. The largest absolute Gasteiger partial charge is 0.352 e. The summed E-state index contributed by atoms with van der Waals surface area (Å²) in [6.07, 6.45) is 0.850. The molecular weight excluding hydrogens is 282 g/mol. The van der Waals surface area contributed by atoms with Gasteiger partial charge in [-0.1, -0.05) is 17.8 Å². The van der Waals surface area contributed by atoms with Crippen LogP contribution in [-0.2, 0) is 0 Å².